The minimum Gasteiger partial charge on any atom is -0.381 e. The molecule has 1 aliphatic heterocycles. The molecular weight excluding hydrogens is 176 g/mol. The van der Waals surface area contributed by atoms with E-state index in [1.54, 1.807) is 0 Å². The van der Waals surface area contributed by atoms with Crippen molar-refractivity contribution in [3.8, 4) is 0 Å². The van der Waals surface area contributed by atoms with E-state index in [1.807, 2.05) is 0 Å². The van der Waals surface area contributed by atoms with Crippen LogP contribution in [0.25, 0.3) is 0 Å². The van der Waals surface area contributed by atoms with E-state index in [4.69, 9.17) is 4.74 Å². The molecule has 3 nitrogen and oxygen atoms in total. The predicted molar refractivity (Wildman–Crippen MR) is 53.3 cm³/mol. The van der Waals surface area contributed by atoms with Gasteiger partial charge in [-0.25, -0.2) is 0 Å². The highest BCUT2D eigenvalue weighted by Crippen LogP contribution is 2.32. The molecule has 1 saturated carbocycles. The minimum absolute atomic E-state index is 0.552. The molecule has 1 aromatic rings. The molecule has 1 aromatic heterocycles. The molecule has 2 fully saturated rings. The van der Waals surface area contributed by atoms with Crippen molar-refractivity contribution < 1.29 is 4.74 Å². The Labute approximate surface area is 84.1 Å². The molecule has 1 aliphatic carbocycles. The van der Waals surface area contributed by atoms with Gasteiger partial charge in [-0.05, 0) is 31.7 Å². The summed E-state index contributed by atoms with van der Waals surface area (Å²) in [6.07, 6.45) is 7.26. The Balaban J connectivity index is 1.75. The molecule has 14 heavy (non-hydrogen) atoms. The fourth-order valence-corrected chi connectivity index (χ4v) is 2.19. The van der Waals surface area contributed by atoms with Crippen LogP contribution in [0.1, 0.15) is 43.3 Å². The maximum atomic E-state index is 5.37. The Bertz CT molecular complexity index is 311. The predicted octanol–water partition coefficient (Wildman–Crippen LogP) is 2.11. The highest BCUT2D eigenvalue weighted by molar-refractivity contribution is 5.08. The Morgan fingerprint density at radius 3 is 2.93 bits per heavy atom. The van der Waals surface area contributed by atoms with Crippen molar-refractivity contribution in [1.82, 2.24) is 9.78 Å². The van der Waals surface area contributed by atoms with Gasteiger partial charge in [-0.3, -0.25) is 4.68 Å². The van der Waals surface area contributed by atoms with Crippen molar-refractivity contribution in [2.45, 2.75) is 37.6 Å². The standard InChI is InChI=1S/C11H16N2O/c1-2-10(3-1)13-6-4-11(12-13)9-5-7-14-8-9/h4,6,9-10H,1-3,5,7-8H2/t9-/m0/s1. The van der Waals surface area contributed by atoms with Gasteiger partial charge in [-0.2, -0.15) is 5.10 Å². The van der Waals surface area contributed by atoms with E-state index in [2.05, 4.69) is 22.0 Å². The molecule has 0 N–H and O–H groups in total. The summed E-state index contributed by atoms with van der Waals surface area (Å²) in [6.45, 7) is 1.77. The van der Waals surface area contributed by atoms with Crippen molar-refractivity contribution in [1.29, 1.82) is 0 Å². The molecular formula is C11H16N2O. The summed E-state index contributed by atoms with van der Waals surface area (Å²) in [7, 11) is 0. The first-order valence-electron chi connectivity index (χ1n) is 5.56. The van der Waals surface area contributed by atoms with E-state index in [9.17, 15) is 0 Å². The van der Waals surface area contributed by atoms with Crippen LogP contribution in [0.4, 0.5) is 0 Å². The topological polar surface area (TPSA) is 27.1 Å². The molecule has 2 aliphatic rings. The lowest BCUT2D eigenvalue weighted by molar-refractivity contribution is 0.193. The highest BCUT2D eigenvalue weighted by atomic mass is 16.5. The van der Waals surface area contributed by atoms with Gasteiger partial charge in [0.25, 0.3) is 0 Å². The third-order valence-electron chi connectivity index (χ3n) is 3.43. The van der Waals surface area contributed by atoms with E-state index in [0.29, 0.717) is 12.0 Å². The van der Waals surface area contributed by atoms with Crippen molar-refractivity contribution in [2.24, 2.45) is 0 Å². The second-order valence-electron chi connectivity index (χ2n) is 4.37. The van der Waals surface area contributed by atoms with E-state index < -0.39 is 0 Å². The van der Waals surface area contributed by atoms with Gasteiger partial charge in [-0.1, -0.05) is 0 Å². The first-order chi connectivity index (χ1) is 6.93. The van der Waals surface area contributed by atoms with E-state index in [-0.39, 0.29) is 0 Å². The lowest BCUT2D eigenvalue weighted by Crippen LogP contribution is -2.17. The van der Waals surface area contributed by atoms with Crippen LogP contribution < -0.4 is 0 Å². The summed E-state index contributed by atoms with van der Waals surface area (Å²) in [6, 6.07) is 2.85. The molecule has 3 heteroatoms. The first kappa shape index (κ1) is 8.48. The zero-order chi connectivity index (χ0) is 9.38. The zero-order valence-corrected chi connectivity index (χ0v) is 8.35. The average molecular weight is 192 g/mol. The Hall–Kier alpha value is -0.830. The van der Waals surface area contributed by atoms with Crippen LogP contribution in [0.5, 0.6) is 0 Å². The maximum absolute atomic E-state index is 5.37. The third-order valence-corrected chi connectivity index (χ3v) is 3.43. The Morgan fingerprint density at radius 2 is 2.29 bits per heavy atom. The van der Waals surface area contributed by atoms with Crippen LogP contribution in [-0.4, -0.2) is 23.0 Å². The second kappa shape index (κ2) is 3.39. The SMILES string of the molecule is c1cn(C2CCC2)nc1[C@H]1CCOC1. The fraction of sp³-hybridized carbons (Fsp3) is 0.727. The van der Waals surface area contributed by atoms with E-state index in [0.717, 1.165) is 19.6 Å². The van der Waals surface area contributed by atoms with Crippen molar-refractivity contribution in [3.05, 3.63) is 18.0 Å². The molecule has 0 amide bonds. The normalized spacial score (nSPS) is 27.9. The third kappa shape index (κ3) is 1.36. The van der Waals surface area contributed by atoms with Crippen molar-refractivity contribution in [2.75, 3.05) is 13.2 Å². The highest BCUT2D eigenvalue weighted by Gasteiger charge is 2.23. The minimum atomic E-state index is 0.552. The van der Waals surface area contributed by atoms with Crippen molar-refractivity contribution in [3.63, 3.8) is 0 Å². The van der Waals surface area contributed by atoms with Crippen LogP contribution in [0, 0.1) is 0 Å². The quantitative estimate of drug-likeness (QED) is 0.717. The monoisotopic (exact) mass is 192 g/mol. The number of aromatic nitrogens is 2. The lowest BCUT2D eigenvalue weighted by Gasteiger charge is -2.25. The number of hydrogen-bond donors (Lipinski definition) is 0. The largest absolute Gasteiger partial charge is 0.381 e. The first-order valence-corrected chi connectivity index (χ1v) is 5.56. The summed E-state index contributed by atoms with van der Waals surface area (Å²) in [4.78, 5) is 0. The van der Waals surface area contributed by atoms with E-state index >= 15 is 0 Å². The fourth-order valence-electron chi connectivity index (χ4n) is 2.19. The van der Waals surface area contributed by atoms with Gasteiger partial charge in [0.05, 0.1) is 18.3 Å². The molecule has 76 valence electrons. The van der Waals surface area contributed by atoms with Crippen LogP contribution >= 0.6 is 0 Å². The van der Waals surface area contributed by atoms with Gasteiger partial charge in [0.1, 0.15) is 0 Å². The molecule has 0 bridgehead atoms. The van der Waals surface area contributed by atoms with Gasteiger partial charge < -0.3 is 4.74 Å². The molecule has 0 unspecified atom stereocenters. The molecule has 1 atom stereocenters. The summed E-state index contributed by atoms with van der Waals surface area (Å²) < 4.78 is 7.52. The molecule has 1 saturated heterocycles. The number of hydrogen-bond acceptors (Lipinski definition) is 2. The van der Waals surface area contributed by atoms with Gasteiger partial charge in [0.15, 0.2) is 0 Å². The zero-order valence-electron chi connectivity index (χ0n) is 8.35. The van der Waals surface area contributed by atoms with E-state index in [1.165, 1.54) is 25.0 Å². The average Bonchev–Trinajstić information content (AvgIpc) is 2.65. The van der Waals surface area contributed by atoms with Gasteiger partial charge >= 0.3 is 0 Å². The van der Waals surface area contributed by atoms with Gasteiger partial charge in [-0.15, -0.1) is 0 Å². The molecule has 2 heterocycles. The second-order valence-corrected chi connectivity index (χ2v) is 4.37. The van der Waals surface area contributed by atoms with Crippen molar-refractivity contribution >= 4 is 0 Å². The van der Waals surface area contributed by atoms with Gasteiger partial charge in [0.2, 0.25) is 0 Å². The Kier molecular flexibility index (Phi) is 2.05. The van der Waals surface area contributed by atoms with Crippen LogP contribution in [0.3, 0.4) is 0 Å². The smallest absolute Gasteiger partial charge is 0.0679 e. The lowest BCUT2D eigenvalue weighted by atomic mass is 9.93. The number of rotatable bonds is 2. The molecule has 3 rings (SSSR count). The van der Waals surface area contributed by atoms with Crippen LogP contribution in [0.2, 0.25) is 0 Å². The summed E-state index contributed by atoms with van der Waals surface area (Å²) >= 11 is 0. The molecule has 0 spiro atoms. The number of ether oxygens (including phenoxy) is 1. The summed E-state index contributed by atoms with van der Waals surface area (Å²) in [5.41, 5.74) is 1.23. The molecule has 0 aromatic carbocycles. The maximum Gasteiger partial charge on any atom is 0.0679 e. The molecule has 0 radical (unpaired) electrons. The summed E-state index contributed by atoms with van der Waals surface area (Å²) in [5, 5.41) is 4.65. The van der Waals surface area contributed by atoms with Gasteiger partial charge in [0, 0.05) is 18.7 Å². The van der Waals surface area contributed by atoms with Crippen LogP contribution in [-0.2, 0) is 4.74 Å². The van der Waals surface area contributed by atoms with Crippen LogP contribution in [0.15, 0.2) is 12.3 Å². The summed E-state index contributed by atoms with van der Waals surface area (Å²) in [5.74, 6) is 0.552. The Morgan fingerprint density at radius 1 is 1.36 bits per heavy atom. The number of nitrogens with zero attached hydrogens (tertiary/aromatic N) is 2.